The van der Waals surface area contributed by atoms with Crippen molar-refractivity contribution in [3.05, 3.63) is 35.4 Å². The molecule has 1 amide bonds. The molecule has 1 saturated heterocycles. The van der Waals surface area contributed by atoms with Crippen LogP contribution in [0.3, 0.4) is 0 Å². The van der Waals surface area contributed by atoms with Gasteiger partial charge in [-0.25, -0.2) is 0 Å². The van der Waals surface area contributed by atoms with Crippen LogP contribution < -0.4 is 5.32 Å². The fraction of sp³-hybridized carbons (Fsp3) is 0.650. The second kappa shape index (κ2) is 7.48. The topological polar surface area (TPSA) is 32.3 Å². The van der Waals surface area contributed by atoms with E-state index in [9.17, 15) is 4.79 Å². The SMILES string of the molecule is C[C@@H]1C[C@@H](C)CN(Cc2ccccc2CNC(=O)C2CCC2)C1. The van der Waals surface area contributed by atoms with Crippen LogP contribution in [0.25, 0.3) is 0 Å². The monoisotopic (exact) mass is 314 g/mol. The molecule has 3 rings (SSSR count). The Labute approximate surface area is 140 Å². The molecule has 3 heteroatoms. The molecule has 1 aliphatic heterocycles. The summed E-state index contributed by atoms with van der Waals surface area (Å²) >= 11 is 0. The van der Waals surface area contributed by atoms with Gasteiger partial charge in [0.25, 0.3) is 0 Å². The van der Waals surface area contributed by atoms with Crippen LogP contribution in [-0.4, -0.2) is 23.9 Å². The fourth-order valence-corrected chi connectivity index (χ4v) is 4.04. The number of carbonyl (C=O) groups excluding carboxylic acids is 1. The molecule has 0 aromatic heterocycles. The zero-order valence-electron chi connectivity index (χ0n) is 14.6. The second-order valence-corrected chi connectivity index (χ2v) is 7.75. The van der Waals surface area contributed by atoms with Gasteiger partial charge in [0.15, 0.2) is 0 Å². The maximum atomic E-state index is 12.1. The predicted molar refractivity (Wildman–Crippen MR) is 93.9 cm³/mol. The average molecular weight is 314 g/mol. The van der Waals surface area contributed by atoms with Gasteiger partial charge >= 0.3 is 0 Å². The highest BCUT2D eigenvalue weighted by Gasteiger charge is 2.25. The highest BCUT2D eigenvalue weighted by atomic mass is 16.1. The van der Waals surface area contributed by atoms with Gasteiger partial charge < -0.3 is 5.32 Å². The number of nitrogens with zero attached hydrogens (tertiary/aromatic N) is 1. The average Bonchev–Trinajstić information content (AvgIpc) is 2.43. The van der Waals surface area contributed by atoms with Crippen LogP contribution in [0, 0.1) is 17.8 Å². The third-order valence-corrected chi connectivity index (χ3v) is 5.39. The molecule has 2 atom stereocenters. The summed E-state index contributed by atoms with van der Waals surface area (Å²) in [6, 6.07) is 8.57. The second-order valence-electron chi connectivity index (χ2n) is 7.75. The number of hydrogen-bond acceptors (Lipinski definition) is 2. The molecule has 0 bridgehead atoms. The van der Waals surface area contributed by atoms with E-state index in [1.165, 1.54) is 37.1 Å². The summed E-state index contributed by atoms with van der Waals surface area (Å²) in [6.45, 7) is 8.76. The predicted octanol–water partition coefficient (Wildman–Crippen LogP) is 3.58. The standard InChI is InChI=1S/C20H30N2O/c1-15-10-16(2)13-22(12-15)14-19-7-4-3-6-18(19)11-21-20(23)17-8-5-9-17/h3-4,6-7,15-17H,5,8-14H2,1-2H3,(H,21,23)/t15-,16-/m1/s1. The van der Waals surface area contributed by atoms with Crippen molar-refractivity contribution >= 4 is 5.91 Å². The van der Waals surface area contributed by atoms with Crippen LogP contribution in [0.1, 0.15) is 50.7 Å². The Balaban J connectivity index is 1.59. The fourth-order valence-electron chi connectivity index (χ4n) is 4.04. The third kappa shape index (κ3) is 4.35. The molecular weight excluding hydrogens is 284 g/mol. The number of carbonyl (C=O) groups is 1. The first-order valence-corrected chi connectivity index (χ1v) is 9.18. The quantitative estimate of drug-likeness (QED) is 0.901. The lowest BCUT2D eigenvalue weighted by Crippen LogP contribution is -2.38. The molecule has 1 heterocycles. The number of amides is 1. The van der Waals surface area contributed by atoms with E-state index in [-0.39, 0.29) is 11.8 Å². The van der Waals surface area contributed by atoms with E-state index >= 15 is 0 Å². The van der Waals surface area contributed by atoms with Crippen molar-refractivity contribution in [2.45, 2.75) is 52.6 Å². The van der Waals surface area contributed by atoms with Gasteiger partial charge in [-0.05, 0) is 42.2 Å². The minimum absolute atomic E-state index is 0.242. The molecule has 0 spiro atoms. The van der Waals surface area contributed by atoms with E-state index < -0.39 is 0 Å². The smallest absolute Gasteiger partial charge is 0.223 e. The van der Waals surface area contributed by atoms with Gasteiger partial charge in [0, 0.05) is 32.1 Å². The zero-order chi connectivity index (χ0) is 16.2. The maximum Gasteiger partial charge on any atom is 0.223 e. The Morgan fingerprint density at radius 1 is 1.13 bits per heavy atom. The maximum absolute atomic E-state index is 12.1. The molecule has 2 fully saturated rings. The number of rotatable bonds is 5. The molecule has 1 N–H and O–H groups in total. The number of hydrogen-bond donors (Lipinski definition) is 1. The largest absolute Gasteiger partial charge is 0.352 e. The molecule has 2 aliphatic rings. The van der Waals surface area contributed by atoms with Crippen molar-refractivity contribution in [3.63, 3.8) is 0 Å². The summed E-state index contributed by atoms with van der Waals surface area (Å²) in [6.07, 6.45) is 4.68. The van der Waals surface area contributed by atoms with Gasteiger partial charge in [-0.1, -0.05) is 44.5 Å². The number of likely N-dealkylation sites (tertiary alicyclic amines) is 1. The van der Waals surface area contributed by atoms with Crippen molar-refractivity contribution in [2.75, 3.05) is 13.1 Å². The van der Waals surface area contributed by atoms with Crippen LogP contribution in [0.4, 0.5) is 0 Å². The molecule has 0 radical (unpaired) electrons. The lowest BCUT2D eigenvalue weighted by Gasteiger charge is -2.35. The van der Waals surface area contributed by atoms with E-state index in [2.05, 4.69) is 48.3 Å². The van der Waals surface area contributed by atoms with Gasteiger partial charge in [-0.3, -0.25) is 9.69 Å². The summed E-state index contributed by atoms with van der Waals surface area (Å²) in [5, 5.41) is 3.14. The first-order chi connectivity index (χ1) is 11.1. The molecule has 23 heavy (non-hydrogen) atoms. The number of benzene rings is 1. The van der Waals surface area contributed by atoms with Gasteiger partial charge in [-0.2, -0.15) is 0 Å². The third-order valence-electron chi connectivity index (χ3n) is 5.39. The molecule has 1 saturated carbocycles. The molecule has 3 nitrogen and oxygen atoms in total. The summed E-state index contributed by atoms with van der Waals surface area (Å²) in [5.74, 6) is 2.07. The highest BCUT2D eigenvalue weighted by Crippen LogP contribution is 2.26. The van der Waals surface area contributed by atoms with Crippen LogP contribution in [0.5, 0.6) is 0 Å². The summed E-state index contributed by atoms with van der Waals surface area (Å²) in [5.41, 5.74) is 2.63. The van der Waals surface area contributed by atoms with Crippen molar-refractivity contribution in [1.82, 2.24) is 10.2 Å². The van der Waals surface area contributed by atoms with E-state index in [1.807, 2.05) is 0 Å². The van der Waals surface area contributed by atoms with Crippen LogP contribution in [0.2, 0.25) is 0 Å². The van der Waals surface area contributed by atoms with E-state index in [4.69, 9.17) is 0 Å². The van der Waals surface area contributed by atoms with E-state index in [1.54, 1.807) is 0 Å². The molecule has 1 aliphatic carbocycles. The molecule has 1 aromatic rings. The van der Waals surface area contributed by atoms with Crippen molar-refractivity contribution < 1.29 is 4.79 Å². The van der Waals surface area contributed by atoms with Gasteiger partial charge in [0.1, 0.15) is 0 Å². The van der Waals surface area contributed by atoms with Gasteiger partial charge in [-0.15, -0.1) is 0 Å². The van der Waals surface area contributed by atoms with E-state index in [0.29, 0.717) is 6.54 Å². The Morgan fingerprint density at radius 2 is 1.78 bits per heavy atom. The Hall–Kier alpha value is -1.35. The van der Waals surface area contributed by atoms with Crippen molar-refractivity contribution in [3.8, 4) is 0 Å². The summed E-state index contributed by atoms with van der Waals surface area (Å²) < 4.78 is 0. The number of piperidine rings is 1. The summed E-state index contributed by atoms with van der Waals surface area (Å²) in [7, 11) is 0. The van der Waals surface area contributed by atoms with Crippen LogP contribution >= 0.6 is 0 Å². The van der Waals surface area contributed by atoms with Crippen LogP contribution in [-0.2, 0) is 17.9 Å². The van der Waals surface area contributed by atoms with Crippen LogP contribution in [0.15, 0.2) is 24.3 Å². The first kappa shape index (κ1) is 16.5. The Bertz CT molecular complexity index is 528. The lowest BCUT2D eigenvalue weighted by atomic mass is 9.85. The minimum Gasteiger partial charge on any atom is -0.352 e. The van der Waals surface area contributed by atoms with Gasteiger partial charge in [0.2, 0.25) is 5.91 Å². The molecular formula is C20H30N2O. The number of nitrogens with one attached hydrogen (secondary N) is 1. The molecule has 1 aromatic carbocycles. The minimum atomic E-state index is 0.242. The Morgan fingerprint density at radius 3 is 2.39 bits per heavy atom. The van der Waals surface area contributed by atoms with E-state index in [0.717, 1.165) is 31.2 Å². The van der Waals surface area contributed by atoms with Crippen molar-refractivity contribution in [2.24, 2.45) is 17.8 Å². The lowest BCUT2D eigenvalue weighted by molar-refractivity contribution is -0.127. The summed E-state index contributed by atoms with van der Waals surface area (Å²) in [4.78, 5) is 14.6. The first-order valence-electron chi connectivity index (χ1n) is 9.18. The zero-order valence-corrected chi connectivity index (χ0v) is 14.6. The highest BCUT2D eigenvalue weighted by molar-refractivity contribution is 5.79. The van der Waals surface area contributed by atoms with Crippen molar-refractivity contribution in [1.29, 1.82) is 0 Å². The molecule has 0 unspecified atom stereocenters. The normalized spacial score (nSPS) is 25.8. The van der Waals surface area contributed by atoms with Gasteiger partial charge in [0.05, 0.1) is 0 Å². The Kier molecular flexibility index (Phi) is 5.37. The molecule has 126 valence electrons.